The van der Waals surface area contributed by atoms with Gasteiger partial charge >= 0.3 is 0 Å². The van der Waals surface area contributed by atoms with Crippen LogP contribution in [-0.2, 0) is 16.1 Å². The van der Waals surface area contributed by atoms with Gasteiger partial charge in [-0.2, -0.15) is 0 Å². The van der Waals surface area contributed by atoms with Gasteiger partial charge in [0.1, 0.15) is 19.6 Å². The van der Waals surface area contributed by atoms with Gasteiger partial charge in [-0.3, -0.25) is 0 Å². The van der Waals surface area contributed by atoms with Crippen molar-refractivity contribution in [1.82, 2.24) is 0 Å². The number of hydrogen-bond acceptors (Lipinski definition) is 3. The number of nitrogens with one attached hydrogen (secondary N) is 1. The molecule has 0 amide bonds. The summed E-state index contributed by atoms with van der Waals surface area (Å²) >= 11 is 0. The molecule has 0 saturated heterocycles. The first-order valence-corrected chi connectivity index (χ1v) is 5.28. The first-order valence-electron chi connectivity index (χ1n) is 5.28. The van der Waals surface area contributed by atoms with Crippen LogP contribution in [0.1, 0.15) is 5.56 Å². The highest BCUT2D eigenvalue weighted by molar-refractivity contribution is 5.65. The summed E-state index contributed by atoms with van der Waals surface area (Å²) in [5.41, 5.74) is 1.12. The van der Waals surface area contributed by atoms with Crippen molar-refractivity contribution in [3.63, 3.8) is 0 Å². The van der Waals surface area contributed by atoms with Crippen LogP contribution in [0, 0.1) is 0 Å². The van der Waals surface area contributed by atoms with E-state index in [1.165, 1.54) is 0 Å². The molecule has 1 aromatic rings. The minimum Gasteiger partial charge on any atom is -0.544 e. The van der Waals surface area contributed by atoms with Crippen LogP contribution >= 0.6 is 0 Å². The highest BCUT2D eigenvalue weighted by atomic mass is 16.5. The fourth-order valence-corrected chi connectivity index (χ4v) is 1.57. The Hall–Kier alpha value is -1.39. The number of rotatable bonds is 7. The predicted molar refractivity (Wildman–Crippen MR) is 57.7 cm³/mol. The summed E-state index contributed by atoms with van der Waals surface area (Å²) in [5.74, 6) is -1.03. The molecule has 4 nitrogen and oxygen atoms in total. The summed E-state index contributed by atoms with van der Waals surface area (Å²) in [4.78, 5) is 11.5. The van der Waals surface area contributed by atoms with E-state index in [0.717, 1.165) is 10.5 Å². The topological polar surface area (TPSA) is 53.8 Å². The first-order chi connectivity index (χ1) is 7.72. The number of carboxylic acids is 1. The summed E-state index contributed by atoms with van der Waals surface area (Å²) in [5, 5.41) is 10.6. The van der Waals surface area contributed by atoms with Crippen LogP contribution in [-0.4, -0.2) is 32.8 Å². The molecule has 0 heterocycles. The maximum atomic E-state index is 10.6. The van der Waals surface area contributed by atoms with Gasteiger partial charge in [0.05, 0.1) is 12.6 Å². The van der Waals surface area contributed by atoms with Gasteiger partial charge in [-0.05, 0) is 0 Å². The van der Waals surface area contributed by atoms with Gasteiger partial charge in [0.2, 0.25) is 0 Å². The minimum atomic E-state index is -1.03. The largest absolute Gasteiger partial charge is 0.544 e. The number of methoxy groups -OCH3 is 1. The molecule has 0 aliphatic heterocycles. The third kappa shape index (κ3) is 4.91. The molecule has 1 aromatic carbocycles. The molecule has 0 aliphatic carbocycles. The van der Waals surface area contributed by atoms with E-state index in [-0.39, 0.29) is 6.54 Å². The Balaban J connectivity index is 2.52. The zero-order valence-corrected chi connectivity index (χ0v) is 9.44. The Bertz CT molecular complexity index is 313. The van der Waals surface area contributed by atoms with Crippen LogP contribution in [0.4, 0.5) is 0 Å². The van der Waals surface area contributed by atoms with Crippen molar-refractivity contribution < 1.29 is 19.5 Å². The van der Waals surface area contributed by atoms with E-state index in [0.29, 0.717) is 19.7 Å². The number of carbonyl (C=O) groups excluding carboxylic acids is 1. The Kier molecular flexibility index (Phi) is 5.53. The molecule has 1 atom stereocenters. The molecule has 0 saturated carbocycles. The summed E-state index contributed by atoms with van der Waals surface area (Å²) in [7, 11) is 1.61. The second-order valence-corrected chi connectivity index (χ2v) is 3.70. The van der Waals surface area contributed by atoms with Gasteiger partial charge in [-0.25, -0.2) is 0 Å². The maximum absolute atomic E-state index is 10.6. The predicted octanol–water partition coefficient (Wildman–Crippen LogP) is -1.53. The molecule has 0 aliphatic rings. The van der Waals surface area contributed by atoms with Gasteiger partial charge in [-0.1, -0.05) is 30.3 Å². The monoisotopic (exact) mass is 223 g/mol. The van der Waals surface area contributed by atoms with E-state index in [1.54, 1.807) is 7.11 Å². The van der Waals surface area contributed by atoms with Crippen LogP contribution in [0.25, 0.3) is 0 Å². The minimum absolute atomic E-state index is 0.0122. The van der Waals surface area contributed by atoms with E-state index < -0.39 is 5.97 Å². The lowest BCUT2D eigenvalue weighted by Crippen LogP contribution is -3.12. The molecule has 0 fully saturated rings. The van der Waals surface area contributed by atoms with Crippen LogP contribution in [0.15, 0.2) is 30.3 Å². The van der Waals surface area contributed by atoms with E-state index in [1.807, 2.05) is 30.3 Å². The second kappa shape index (κ2) is 6.98. The van der Waals surface area contributed by atoms with Gasteiger partial charge in [0, 0.05) is 12.7 Å². The summed E-state index contributed by atoms with van der Waals surface area (Å²) in [6.45, 7) is 1.91. The zero-order valence-electron chi connectivity index (χ0n) is 9.44. The summed E-state index contributed by atoms with van der Waals surface area (Å²) in [6.07, 6.45) is 0. The van der Waals surface area contributed by atoms with Crippen molar-refractivity contribution in [2.75, 3.05) is 26.8 Å². The normalized spacial score (nSPS) is 12.3. The molecule has 0 radical (unpaired) electrons. The smallest absolute Gasteiger partial charge is 0.118 e. The number of quaternary nitrogens is 1. The van der Waals surface area contributed by atoms with E-state index in [2.05, 4.69) is 0 Å². The van der Waals surface area contributed by atoms with Crippen LogP contribution in [0.2, 0.25) is 0 Å². The number of hydrogen-bond donors (Lipinski definition) is 1. The molecule has 16 heavy (non-hydrogen) atoms. The van der Waals surface area contributed by atoms with E-state index >= 15 is 0 Å². The van der Waals surface area contributed by atoms with Crippen LogP contribution < -0.4 is 10.0 Å². The Morgan fingerprint density at radius 3 is 2.62 bits per heavy atom. The fourth-order valence-electron chi connectivity index (χ4n) is 1.57. The van der Waals surface area contributed by atoms with Crippen molar-refractivity contribution in [2.45, 2.75) is 6.54 Å². The Labute approximate surface area is 95.5 Å². The van der Waals surface area contributed by atoms with Crippen molar-refractivity contribution in [1.29, 1.82) is 0 Å². The second-order valence-electron chi connectivity index (χ2n) is 3.70. The van der Waals surface area contributed by atoms with Gasteiger partial charge in [0.25, 0.3) is 0 Å². The molecule has 4 heteroatoms. The van der Waals surface area contributed by atoms with Crippen molar-refractivity contribution in [2.24, 2.45) is 0 Å². The number of carbonyl (C=O) groups is 1. The molecule has 1 N–H and O–H groups in total. The Morgan fingerprint density at radius 1 is 1.38 bits per heavy atom. The first kappa shape index (κ1) is 12.7. The highest BCUT2D eigenvalue weighted by Gasteiger charge is 2.09. The van der Waals surface area contributed by atoms with Gasteiger partial charge < -0.3 is 19.5 Å². The maximum Gasteiger partial charge on any atom is 0.118 e. The number of benzene rings is 1. The average molecular weight is 223 g/mol. The Morgan fingerprint density at radius 2 is 2.06 bits per heavy atom. The average Bonchev–Trinajstić information content (AvgIpc) is 2.26. The van der Waals surface area contributed by atoms with Crippen molar-refractivity contribution in [3.05, 3.63) is 35.9 Å². The number of carboxylic acid groups (broad SMARTS) is 1. The van der Waals surface area contributed by atoms with Gasteiger partial charge in [-0.15, -0.1) is 0 Å². The quantitative estimate of drug-likeness (QED) is 0.610. The summed E-state index contributed by atoms with van der Waals surface area (Å²) < 4.78 is 4.96. The van der Waals surface area contributed by atoms with Crippen LogP contribution in [0.3, 0.4) is 0 Å². The van der Waals surface area contributed by atoms with Crippen molar-refractivity contribution >= 4 is 5.97 Å². The van der Waals surface area contributed by atoms with Crippen LogP contribution in [0.5, 0.6) is 0 Å². The third-order valence-corrected chi connectivity index (χ3v) is 2.35. The lowest BCUT2D eigenvalue weighted by atomic mass is 10.2. The molecule has 0 spiro atoms. The zero-order chi connectivity index (χ0) is 11.8. The highest BCUT2D eigenvalue weighted by Crippen LogP contribution is 1.94. The third-order valence-electron chi connectivity index (χ3n) is 2.35. The van der Waals surface area contributed by atoms with E-state index in [4.69, 9.17) is 4.74 Å². The number of ether oxygens (including phenoxy) is 1. The number of aliphatic carboxylic acids is 1. The SMILES string of the molecule is COCC[NH+](CC(=O)[O-])Cc1ccccc1. The van der Waals surface area contributed by atoms with E-state index in [9.17, 15) is 9.90 Å². The molecule has 0 bridgehead atoms. The molecular weight excluding hydrogens is 206 g/mol. The molecule has 1 rings (SSSR count). The molecular formula is C12H17NO3. The standard InChI is InChI=1S/C12H17NO3/c1-16-8-7-13(10-12(14)15)9-11-5-3-2-4-6-11/h2-6H,7-10H2,1H3,(H,14,15). The van der Waals surface area contributed by atoms with Crippen molar-refractivity contribution in [3.8, 4) is 0 Å². The molecule has 88 valence electrons. The lowest BCUT2D eigenvalue weighted by molar-refractivity contribution is -0.908. The lowest BCUT2D eigenvalue weighted by Gasteiger charge is -2.19. The molecule has 1 unspecified atom stereocenters. The molecule has 0 aromatic heterocycles. The summed E-state index contributed by atoms with van der Waals surface area (Å²) in [6, 6.07) is 9.81. The fraction of sp³-hybridized carbons (Fsp3) is 0.417. The van der Waals surface area contributed by atoms with Gasteiger partial charge in [0.15, 0.2) is 0 Å².